The van der Waals surface area contributed by atoms with Gasteiger partial charge in [0.15, 0.2) is 5.15 Å². The molecular formula is C11H7ClF2N2O. The minimum absolute atomic E-state index is 0.102. The van der Waals surface area contributed by atoms with E-state index in [0.29, 0.717) is 10.8 Å². The topological polar surface area (TPSA) is 35.0 Å². The molecule has 0 unspecified atom stereocenters. The molecule has 3 nitrogen and oxygen atoms in total. The second-order valence-corrected chi connectivity index (χ2v) is 3.53. The predicted octanol–water partition coefficient (Wildman–Crippen LogP) is 3.40. The second kappa shape index (κ2) is 5.05. The molecule has 0 amide bonds. The summed E-state index contributed by atoms with van der Waals surface area (Å²) < 4.78 is 28.1. The van der Waals surface area contributed by atoms with Crippen LogP contribution in [0.3, 0.4) is 0 Å². The molecule has 1 aromatic heterocycles. The maximum absolute atomic E-state index is 11.9. The molecule has 0 N–H and O–H groups in total. The molecule has 0 radical (unpaired) electrons. The number of hydrogen-bond acceptors (Lipinski definition) is 3. The van der Waals surface area contributed by atoms with Gasteiger partial charge in [0.25, 0.3) is 0 Å². The fourth-order valence-electron chi connectivity index (χ4n) is 1.28. The van der Waals surface area contributed by atoms with E-state index in [0.717, 1.165) is 5.56 Å². The van der Waals surface area contributed by atoms with E-state index < -0.39 is 6.61 Å². The van der Waals surface area contributed by atoms with Crippen LogP contribution in [-0.2, 0) is 0 Å². The minimum Gasteiger partial charge on any atom is -0.435 e. The summed E-state index contributed by atoms with van der Waals surface area (Å²) in [4.78, 5) is 0. The van der Waals surface area contributed by atoms with Crippen molar-refractivity contribution < 1.29 is 13.5 Å². The fourth-order valence-corrected chi connectivity index (χ4v) is 1.38. The summed E-state index contributed by atoms with van der Waals surface area (Å²) in [7, 11) is 0. The molecule has 2 rings (SSSR count). The minimum atomic E-state index is -2.82. The molecule has 0 aliphatic carbocycles. The van der Waals surface area contributed by atoms with Gasteiger partial charge in [-0.3, -0.25) is 0 Å². The zero-order valence-electron chi connectivity index (χ0n) is 8.48. The molecule has 1 aromatic carbocycles. The third-order valence-electron chi connectivity index (χ3n) is 2.01. The van der Waals surface area contributed by atoms with Crippen LogP contribution in [0.5, 0.6) is 5.75 Å². The third-order valence-corrected chi connectivity index (χ3v) is 2.21. The van der Waals surface area contributed by atoms with E-state index >= 15 is 0 Å². The maximum atomic E-state index is 11.9. The summed E-state index contributed by atoms with van der Waals surface area (Å²) in [6.45, 7) is -2.82. The van der Waals surface area contributed by atoms with E-state index in [2.05, 4.69) is 14.9 Å². The van der Waals surface area contributed by atoms with Crippen LogP contribution in [0, 0.1) is 0 Å². The molecule has 2 aromatic rings. The van der Waals surface area contributed by atoms with E-state index in [1.165, 1.54) is 12.1 Å². The van der Waals surface area contributed by atoms with Crippen LogP contribution in [0.25, 0.3) is 11.3 Å². The lowest BCUT2D eigenvalue weighted by atomic mass is 10.1. The summed E-state index contributed by atoms with van der Waals surface area (Å²) in [6, 6.07) is 9.42. The van der Waals surface area contributed by atoms with Gasteiger partial charge in [-0.1, -0.05) is 11.6 Å². The summed E-state index contributed by atoms with van der Waals surface area (Å²) in [6.07, 6.45) is 0. The Kier molecular flexibility index (Phi) is 3.49. The summed E-state index contributed by atoms with van der Waals surface area (Å²) >= 11 is 5.60. The molecule has 88 valence electrons. The lowest BCUT2D eigenvalue weighted by Gasteiger charge is -2.05. The zero-order chi connectivity index (χ0) is 12.3. The van der Waals surface area contributed by atoms with Gasteiger partial charge in [0.05, 0.1) is 5.69 Å². The molecule has 0 saturated heterocycles. The Morgan fingerprint density at radius 2 is 1.71 bits per heavy atom. The normalized spacial score (nSPS) is 10.6. The first-order chi connectivity index (χ1) is 8.15. The van der Waals surface area contributed by atoms with Crippen molar-refractivity contribution in [3.05, 3.63) is 41.6 Å². The van der Waals surface area contributed by atoms with Crippen molar-refractivity contribution in [1.82, 2.24) is 10.2 Å². The van der Waals surface area contributed by atoms with Gasteiger partial charge in [-0.05, 0) is 36.4 Å². The van der Waals surface area contributed by atoms with Crippen LogP contribution in [0.4, 0.5) is 8.78 Å². The van der Waals surface area contributed by atoms with Crippen LogP contribution >= 0.6 is 11.6 Å². The largest absolute Gasteiger partial charge is 0.435 e. The Bertz CT molecular complexity index is 488. The highest BCUT2D eigenvalue weighted by Gasteiger charge is 2.05. The van der Waals surface area contributed by atoms with Gasteiger partial charge in [-0.2, -0.15) is 8.78 Å². The van der Waals surface area contributed by atoms with Crippen molar-refractivity contribution in [2.75, 3.05) is 0 Å². The monoisotopic (exact) mass is 256 g/mol. The average molecular weight is 257 g/mol. The number of rotatable bonds is 3. The molecule has 0 bridgehead atoms. The summed E-state index contributed by atoms with van der Waals surface area (Å²) in [5.41, 5.74) is 1.36. The van der Waals surface area contributed by atoms with Crippen molar-refractivity contribution >= 4 is 11.6 Å². The molecule has 1 heterocycles. The number of nitrogens with zero attached hydrogens (tertiary/aromatic N) is 2. The SMILES string of the molecule is FC(F)Oc1ccc(-c2ccc(Cl)nn2)cc1. The lowest BCUT2D eigenvalue weighted by molar-refractivity contribution is -0.0498. The quantitative estimate of drug-likeness (QED) is 0.844. The number of halogens is 3. The molecule has 6 heteroatoms. The Morgan fingerprint density at radius 3 is 2.24 bits per heavy atom. The first-order valence-corrected chi connectivity index (χ1v) is 5.07. The first-order valence-electron chi connectivity index (χ1n) is 4.69. The Balaban J connectivity index is 2.20. The molecule has 0 aliphatic heterocycles. The van der Waals surface area contributed by atoms with Gasteiger partial charge in [-0.15, -0.1) is 10.2 Å². The Hall–Kier alpha value is -1.75. The van der Waals surface area contributed by atoms with Crippen LogP contribution in [0.2, 0.25) is 5.15 Å². The van der Waals surface area contributed by atoms with E-state index in [1.807, 2.05) is 0 Å². The van der Waals surface area contributed by atoms with E-state index in [4.69, 9.17) is 11.6 Å². The van der Waals surface area contributed by atoms with Crippen molar-refractivity contribution in [1.29, 1.82) is 0 Å². The highest BCUT2D eigenvalue weighted by atomic mass is 35.5. The van der Waals surface area contributed by atoms with Crippen molar-refractivity contribution in [2.24, 2.45) is 0 Å². The van der Waals surface area contributed by atoms with Gasteiger partial charge in [0.1, 0.15) is 5.75 Å². The third kappa shape index (κ3) is 3.10. The van der Waals surface area contributed by atoms with Gasteiger partial charge in [0.2, 0.25) is 0 Å². The zero-order valence-corrected chi connectivity index (χ0v) is 9.23. The molecule has 0 atom stereocenters. The standard InChI is InChI=1S/C11H7ClF2N2O/c12-10-6-5-9(15-16-10)7-1-3-8(4-2-7)17-11(13)14/h1-6,11H. The summed E-state index contributed by atoms with van der Waals surface area (Å²) in [5.74, 6) is 0.102. The number of benzene rings is 1. The second-order valence-electron chi connectivity index (χ2n) is 3.14. The van der Waals surface area contributed by atoms with Crippen LogP contribution in [0.15, 0.2) is 36.4 Å². The Morgan fingerprint density at radius 1 is 1.00 bits per heavy atom. The van der Waals surface area contributed by atoms with Crippen molar-refractivity contribution in [3.8, 4) is 17.0 Å². The highest BCUT2D eigenvalue weighted by Crippen LogP contribution is 2.21. The molecule has 0 aliphatic rings. The van der Waals surface area contributed by atoms with Crippen molar-refractivity contribution in [2.45, 2.75) is 6.61 Å². The van der Waals surface area contributed by atoms with Gasteiger partial charge in [0, 0.05) is 5.56 Å². The van der Waals surface area contributed by atoms with Crippen molar-refractivity contribution in [3.63, 3.8) is 0 Å². The highest BCUT2D eigenvalue weighted by molar-refractivity contribution is 6.29. The maximum Gasteiger partial charge on any atom is 0.387 e. The number of ether oxygens (including phenoxy) is 1. The van der Waals surface area contributed by atoms with Gasteiger partial charge < -0.3 is 4.74 Å². The Labute approximate surface area is 101 Å². The van der Waals surface area contributed by atoms with Crippen LogP contribution in [0.1, 0.15) is 0 Å². The fraction of sp³-hybridized carbons (Fsp3) is 0.0909. The lowest BCUT2D eigenvalue weighted by Crippen LogP contribution is -2.01. The van der Waals surface area contributed by atoms with E-state index in [1.54, 1.807) is 24.3 Å². The average Bonchev–Trinajstić information content (AvgIpc) is 2.30. The smallest absolute Gasteiger partial charge is 0.387 e. The molecule has 0 spiro atoms. The van der Waals surface area contributed by atoms with Crippen LogP contribution < -0.4 is 4.74 Å². The molecular weight excluding hydrogens is 250 g/mol. The van der Waals surface area contributed by atoms with Gasteiger partial charge in [-0.25, -0.2) is 0 Å². The number of aromatic nitrogens is 2. The summed E-state index contributed by atoms with van der Waals surface area (Å²) in [5, 5.41) is 7.86. The van der Waals surface area contributed by atoms with E-state index in [-0.39, 0.29) is 5.75 Å². The van der Waals surface area contributed by atoms with Gasteiger partial charge >= 0.3 is 6.61 Å². The first kappa shape index (κ1) is 11.7. The molecule has 0 fully saturated rings. The predicted molar refractivity (Wildman–Crippen MR) is 59.1 cm³/mol. The molecule has 0 saturated carbocycles. The van der Waals surface area contributed by atoms with Crippen LogP contribution in [-0.4, -0.2) is 16.8 Å². The molecule has 17 heavy (non-hydrogen) atoms. The number of alkyl halides is 2. The van der Waals surface area contributed by atoms with E-state index in [9.17, 15) is 8.78 Å². The number of hydrogen-bond donors (Lipinski definition) is 0.